The molecule has 2 fully saturated rings. The molecule has 0 bridgehead atoms. The number of likely N-dealkylation sites (tertiary alicyclic amines) is 2. The van der Waals surface area contributed by atoms with E-state index in [1.807, 2.05) is 54.6 Å². The highest BCUT2D eigenvalue weighted by molar-refractivity contribution is 5.98. The Labute approximate surface area is 279 Å². The SMILES string of the molecule is COc1ccc(F)cc1C(=O)NCc1ccc(-c2nn(C3CCN(C4CCN(C(=O)OC(C)(C)C)CC4)CC3)c3ncnc(N)c23)cc1. The number of hydrogen-bond acceptors (Lipinski definition) is 9. The third-order valence-corrected chi connectivity index (χ3v) is 9.08. The van der Waals surface area contributed by atoms with Gasteiger partial charge >= 0.3 is 6.09 Å². The lowest BCUT2D eigenvalue weighted by Gasteiger charge is -2.41. The summed E-state index contributed by atoms with van der Waals surface area (Å²) in [7, 11) is 1.44. The Morgan fingerprint density at radius 3 is 2.33 bits per heavy atom. The van der Waals surface area contributed by atoms with Crippen LogP contribution in [-0.2, 0) is 11.3 Å². The Kier molecular flexibility index (Phi) is 9.49. The van der Waals surface area contributed by atoms with E-state index in [1.165, 1.54) is 25.6 Å². The van der Waals surface area contributed by atoms with E-state index in [2.05, 4.69) is 20.2 Å². The Bertz CT molecular complexity index is 1770. The van der Waals surface area contributed by atoms with Crippen molar-refractivity contribution in [3.8, 4) is 17.0 Å². The first-order chi connectivity index (χ1) is 23.0. The molecule has 0 aliphatic carbocycles. The number of fused-ring (bicyclic) bond motifs is 1. The van der Waals surface area contributed by atoms with E-state index in [4.69, 9.17) is 20.3 Å². The summed E-state index contributed by atoms with van der Waals surface area (Å²) in [6.45, 7) is 9.20. The van der Waals surface area contributed by atoms with Crippen LogP contribution in [0.5, 0.6) is 5.75 Å². The first kappa shape index (κ1) is 33.1. The predicted molar refractivity (Wildman–Crippen MR) is 180 cm³/mol. The van der Waals surface area contributed by atoms with Crippen LogP contribution < -0.4 is 15.8 Å². The van der Waals surface area contributed by atoms with Crippen LogP contribution in [0.2, 0.25) is 0 Å². The fraction of sp³-hybridized carbons (Fsp3) is 0.457. The highest BCUT2D eigenvalue weighted by atomic mass is 19.1. The normalized spacial score (nSPS) is 16.6. The van der Waals surface area contributed by atoms with Crippen molar-refractivity contribution in [2.24, 2.45) is 0 Å². The number of nitrogens with two attached hydrogens (primary N) is 1. The molecule has 3 N–H and O–H groups in total. The van der Waals surface area contributed by atoms with Gasteiger partial charge in [-0.3, -0.25) is 4.79 Å². The summed E-state index contributed by atoms with van der Waals surface area (Å²) in [6, 6.07) is 12.1. The second-order valence-corrected chi connectivity index (χ2v) is 13.4. The molecule has 0 saturated carbocycles. The maximum Gasteiger partial charge on any atom is 0.410 e. The van der Waals surface area contributed by atoms with Gasteiger partial charge < -0.3 is 30.3 Å². The fourth-order valence-electron chi connectivity index (χ4n) is 6.60. The Balaban J connectivity index is 1.11. The van der Waals surface area contributed by atoms with Crippen LogP contribution in [0.15, 0.2) is 48.8 Å². The van der Waals surface area contributed by atoms with Crippen LogP contribution in [0.3, 0.4) is 0 Å². The fourth-order valence-corrected chi connectivity index (χ4v) is 6.60. The molecule has 0 spiro atoms. The molecular weight excluding hydrogens is 615 g/mol. The summed E-state index contributed by atoms with van der Waals surface area (Å²) in [5, 5.41) is 8.60. The monoisotopic (exact) mass is 658 g/mol. The number of methoxy groups -OCH3 is 1. The quantitative estimate of drug-likeness (QED) is 0.275. The van der Waals surface area contributed by atoms with Crippen molar-refractivity contribution in [1.29, 1.82) is 0 Å². The van der Waals surface area contributed by atoms with E-state index in [9.17, 15) is 14.0 Å². The van der Waals surface area contributed by atoms with Gasteiger partial charge in [-0.2, -0.15) is 5.10 Å². The van der Waals surface area contributed by atoms with Crippen LogP contribution >= 0.6 is 0 Å². The molecule has 2 aliphatic rings. The minimum absolute atomic E-state index is 0.135. The van der Waals surface area contributed by atoms with E-state index in [0.717, 1.165) is 56.0 Å². The number of anilines is 1. The van der Waals surface area contributed by atoms with Crippen molar-refractivity contribution in [3.63, 3.8) is 0 Å². The number of aromatic nitrogens is 4. The summed E-state index contributed by atoms with van der Waals surface area (Å²) in [4.78, 5) is 38.5. The minimum Gasteiger partial charge on any atom is -0.496 e. The van der Waals surface area contributed by atoms with Gasteiger partial charge in [0.1, 0.15) is 35.0 Å². The molecule has 48 heavy (non-hydrogen) atoms. The number of nitrogens with one attached hydrogen (secondary N) is 1. The molecule has 4 heterocycles. The van der Waals surface area contributed by atoms with Crippen molar-refractivity contribution in [2.75, 3.05) is 39.0 Å². The van der Waals surface area contributed by atoms with Crippen molar-refractivity contribution in [3.05, 3.63) is 65.7 Å². The van der Waals surface area contributed by atoms with Gasteiger partial charge in [-0.05, 0) is 70.2 Å². The number of piperidine rings is 2. The van der Waals surface area contributed by atoms with Crippen LogP contribution in [-0.4, -0.2) is 86.5 Å². The smallest absolute Gasteiger partial charge is 0.410 e. The van der Waals surface area contributed by atoms with Gasteiger partial charge in [-0.25, -0.2) is 23.8 Å². The van der Waals surface area contributed by atoms with Gasteiger partial charge in [0.2, 0.25) is 0 Å². The zero-order valence-corrected chi connectivity index (χ0v) is 27.9. The molecule has 2 amide bonds. The van der Waals surface area contributed by atoms with Gasteiger partial charge in [0, 0.05) is 44.3 Å². The van der Waals surface area contributed by atoms with Gasteiger partial charge in [0.05, 0.1) is 24.1 Å². The third kappa shape index (κ3) is 7.20. The number of hydrogen-bond donors (Lipinski definition) is 2. The largest absolute Gasteiger partial charge is 0.496 e. The number of nitrogen functional groups attached to an aromatic ring is 1. The summed E-state index contributed by atoms with van der Waals surface area (Å²) in [5.41, 5.74) is 9.17. The number of benzene rings is 2. The van der Waals surface area contributed by atoms with Crippen LogP contribution in [0.25, 0.3) is 22.3 Å². The molecule has 0 unspecified atom stereocenters. The van der Waals surface area contributed by atoms with Gasteiger partial charge in [-0.15, -0.1) is 0 Å². The van der Waals surface area contributed by atoms with Crippen molar-refractivity contribution < 1.29 is 23.5 Å². The first-order valence-corrected chi connectivity index (χ1v) is 16.4. The number of halogens is 1. The number of carbonyl (C=O) groups excluding carboxylic acids is 2. The van der Waals surface area contributed by atoms with E-state index >= 15 is 0 Å². The Morgan fingerprint density at radius 1 is 0.979 bits per heavy atom. The molecule has 2 aliphatic heterocycles. The second-order valence-electron chi connectivity index (χ2n) is 13.4. The van der Waals surface area contributed by atoms with E-state index in [1.54, 1.807) is 0 Å². The molecule has 0 radical (unpaired) electrons. The molecule has 12 nitrogen and oxygen atoms in total. The standard InChI is InChI=1S/C35H43FN8O4/c1-35(2,3)48-34(46)43-17-11-25(12-18-43)42-15-13-26(14-16-42)44-32-29(31(37)39-21-40-32)30(41-44)23-7-5-22(6-8-23)20-38-33(45)27-19-24(36)9-10-28(27)47-4/h5-10,19,21,25-26H,11-18,20H2,1-4H3,(H,38,45)(H2,37,39,40). The average Bonchev–Trinajstić information content (AvgIpc) is 3.48. The van der Waals surface area contributed by atoms with Crippen LogP contribution in [0.1, 0.15) is 68.4 Å². The average molecular weight is 659 g/mol. The lowest BCUT2D eigenvalue weighted by atomic mass is 9.98. The van der Waals surface area contributed by atoms with E-state index in [-0.39, 0.29) is 24.2 Å². The van der Waals surface area contributed by atoms with Crippen molar-refractivity contribution in [2.45, 2.75) is 70.7 Å². The Morgan fingerprint density at radius 2 is 1.67 bits per heavy atom. The number of nitrogens with zero attached hydrogens (tertiary/aromatic N) is 6. The summed E-state index contributed by atoms with van der Waals surface area (Å²) in [5.74, 6) is -0.265. The highest BCUT2D eigenvalue weighted by Crippen LogP contribution is 2.35. The second kappa shape index (κ2) is 13.8. The number of ether oxygens (including phenoxy) is 2. The zero-order chi connectivity index (χ0) is 34.0. The molecule has 2 aromatic carbocycles. The molecule has 13 heteroatoms. The molecule has 6 rings (SSSR count). The summed E-state index contributed by atoms with van der Waals surface area (Å²) in [6.07, 6.45) is 4.95. The van der Waals surface area contributed by atoms with Crippen molar-refractivity contribution in [1.82, 2.24) is 34.9 Å². The van der Waals surface area contributed by atoms with Crippen LogP contribution in [0, 0.1) is 5.82 Å². The number of carbonyl (C=O) groups is 2. The van der Waals surface area contributed by atoms with E-state index < -0.39 is 17.3 Å². The topological polar surface area (TPSA) is 141 Å². The third-order valence-electron chi connectivity index (χ3n) is 9.08. The number of amides is 2. The molecule has 2 saturated heterocycles. The predicted octanol–water partition coefficient (Wildman–Crippen LogP) is 5.19. The molecular formula is C35H43FN8O4. The van der Waals surface area contributed by atoms with Crippen LogP contribution in [0.4, 0.5) is 15.0 Å². The molecule has 254 valence electrons. The maximum absolute atomic E-state index is 13.8. The maximum atomic E-state index is 13.8. The van der Waals surface area contributed by atoms with E-state index in [0.29, 0.717) is 47.4 Å². The summed E-state index contributed by atoms with van der Waals surface area (Å²) < 4.78 is 26.5. The van der Waals surface area contributed by atoms with Gasteiger partial charge in [0.25, 0.3) is 5.91 Å². The molecule has 2 aromatic heterocycles. The molecule has 4 aromatic rings. The van der Waals surface area contributed by atoms with Gasteiger partial charge in [-0.1, -0.05) is 24.3 Å². The summed E-state index contributed by atoms with van der Waals surface area (Å²) >= 11 is 0. The first-order valence-electron chi connectivity index (χ1n) is 16.4. The Hall–Kier alpha value is -4.78. The zero-order valence-electron chi connectivity index (χ0n) is 27.9. The lowest BCUT2D eigenvalue weighted by molar-refractivity contribution is 0.0119. The minimum atomic E-state index is -0.511. The highest BCUT2D eigenvalue weighted by Gasteiger charge is 2.33. The lowest BCUT2D eigenvalue weighted by Crippen LogP contribution is -2.50. The number of rotatable bonds is 7. The molecule has 0 atom stereocenters. The van der Waals surface area contributed by atoms with Gasteiger partial charge in [0.15, 0.2) is 5.65 Å². The van der Waals surface area contributed by atoms with Crippen molar-refractivity contribution >= 4 is 28.9 Å².